The molecule has 1 saturated carbocycles. The summed E-state index contributed by atoms with van der Waals surface area (Å²) in [5.74, 6) is -0.766. The fraction of sp³-hybridized carbons (Fsp3) is 0.581. The lowest BCUT2D eigenvalue weighted by atomic mass is 9.84. The van der Waals surface area contributed by atoms with Crippen molar-refractivity contribution in [3.8, 4) is 11.3 Å². The number of aromatic nitrogens is 3. The summed E-state index contributed by atoms with van der Waals surface area (Å²) in [5.41, 5.74) is 4.19. The Hall–Kier alpha value is -2.71. The highest BCUT2D eigenvalue weighted by Gasteiger charge is 2.45. The topological polar surface area (TPSA) is 96.7 Å². The lowest BCUT2D eigenvalue weighted by Gasteiger charge is -2.42. The molecular weight excluding hydrogens is 506 g/mol. The highest BCUT2D eigenvalue weighted by molar-refractivity contribution is 6.77. The van der Waals surface area contributed by atoms with E-state index in [4.69, 9.17) is 4.43 Å². The van der Waals surface area contributed by atoms with Crippen LogP contribution < -0.4 is 5.56 Å². The number of benzene rings is 1. The Balaban J connectivity index is 1.68. The first-order chi connectivity index (χ1) is 18.5. The molecule has 0 spiro atoms. The highest BCUT2D eigenvalue weighted by Crippen LogP contribution is 2.43. The molecule has 0 amide bonds. The van der Waals surface area contributed by atoms with Gasteiger partial charge in [-0.25, -0.2) is 14.3 Å². The number of rotatable bonds is 10. The average Bonchev–Trinajstić information content (AvgIpc) is 3.29. The summed E-state index contributed by atoms with van der Waals surface area (Å²) in [6, 6.07) is 9.73. The van der Waals surface area contributed by atoms with Gasteiger partial charge in [0.15, 0.2) is 14.0 Å². The number of H-pyrrole nitrogens is 1. The number of carboxylic acid groups (broad SMARTS) is 1. The highest BCUT2D eigenvalue weighted by atomic mass is 28.4. The van der Waals surface area contributed by atoms with Crippen LogP contribution in [0, 0.1) is 0 Å². The smallest absolute Gasteiger partial charge is 0.341 e. The maximum absolute atomic E-state index is 13.2. The van der Waals surface area contributed by atoms with Crippen LogP contribution in [0.15, 0.2) is 35.1 Å². The molecule has 0 bridgehead atoms. The first-order valence-corrected chi connectivity index (χ1v) is 16.7. The molecule has 2 heterocycles. The zero-order valence-corrected chi connectivity index (χ0v) is 25.6. The summed E-state index contributed by atoms with van der Waals surface area (Å²) < 4.78 is 8.02. The summed E-state index contributed by atoms with van der Waals surface area (Å²) in [6.45, 7) is 15.7. The predicted molar refractivity (Wildman–Crippen MR) is 159 cm³/mol. The number of nitrogens with zero attached hydrogens (tertiary/aromatic N) is 2. The van der Waals surface area contributed by atoms with Crippen LogP contribution in [-0.2, 0) is 4.43 Å². The van der Waals surface area contributed by atoms with Gasteiger partial charge in [0.1, 0.15) is 5.56 Å². The SMILES string of the molecule is CC(C)[Si](OC[C@H](C)c1[nH]n2c(=O)cc(-c3ccc(C4CCCCC4)cc3)nc2c1C(=O)O)(C(C)C)C(C)C. The molecule has 39 heavy (non-hydrogen) atoms. The summed E-state index contributed by atoms with van der Waals surface area (Å²) in [5, 5.41) is 13.3. The molecule has 0 unspecified atom stereocenters. The Morgan fingerprint density at radius 1 is 1.03 bits per heavy atom. The Morgan fingerprint density at radius 3 is 2.15 bits per heavy atom. The van der Waals surface area contributed by atoms with Gasteiger partial charge in [-0.1, -0.05) is 92.0 Å². The third kappa shape index (κ3) is 5.64. The second-order valence-corrected chi connectivity index (χ2v) is 17.8. The van der Waals surface area contributed by atoms with Crippen LogP contribution in [-0.4, -0.2) is 40.6 Å². The summed E-state index contributed by atoms with van der Waals surface area (Å²) in [6.07, 6.45) is 6.29. The molecule has 0 aliphatic heterocycles. The van der Waals surface area contributed by atoms with E-state index in [1.165, 1.54) is 48.2 Å². The zero-order chi connectivity index (χ0) is 28.5. The average molecular weight is 552 g/mol. The molecule has 8 heteroatoms. The van der Waals surface area contributed by atoms with Gasteiger partial charge in [-0.15, -0.1) is 0 Å². The zero-order valence-electron chi connectivity index (χ0n) is 24.6. The minimum atomic E-state index is -2.13. The van der Waals surface area contributed by atoms with Gasteiger partial charge < -0.3 is 9.53 Å². The second kappa shape index (κ2) is 11.8. The van der Waals surface area contributed by atoms with E-state index in [9.17, 15) is 14.7 Å². The van der Waals surface area contributed by atoms with E-state index in [0.29, 0.717) is 40.5 Å². The van der Waals surface area contributed by atoms with Crippen molar-refractivity contribution in [1.82, 2.24) is 14.6 Å². The van der Waals surface area contributed by atoms with Crippen LogP contribution in [0.1, 0.15) is 114 Å². The van der Waals surface area contributed by atoms with Gasteiger partial charge in [0.05, 0.1) is 11.4 Å². The van der Waals surface area contributed by atoms with E-state index < -0.39 is 14.3 Å². The Labute approximate surface area is 233 Å². The number of nitrogens with one attached hydrogen (secondary N) is 1. The molecule has 1 atom stereocenters. The quantitative estimate of drug-likeness (QED) is 0.251. The number of fused-ring (bicyclic) bond motifs is 1. The second-order valence-electron chi connectivity index (χ2n) is 12.3. The summed E-state index contributed by atoms with van der Waals surface area (Å²) in [7, 11) is -2.13. The third-order valence-electron chi connectivity index (χ3n) is 8.92. The summed E-state index contributed by atoms with van der Waals surface area (Å²) in [4.78, 5) is 30.3. The molecule has 4 rings (SSSR count). The van der Waals surface area contributed by atoms with Gasteiger partial charge in [0.2, 0.25) is 0 Å². The number of hydrogen-bond acceptors (Lipinski definition) is 4. The van der Waals surface area contributed by atoms with E-state index in [1.807, 2.05) is 19.1 Å². The van der Waals surface area contributed by atoms with Crippen LogP contribution in [0.3, 0.4) is 0 Å². The normalized spacial score (nSPS) is 16.1. The molecule has 1 aromatic carbocycles. The van der Waals surface area contributed by atoms with Gasteiger partial charge in [0.25, 0.3) is 5.56 Å². The lowest BCUT2D eigenvalue weighted by Crippen LogP contribution is -2.48. The number of carbonyl (C=O) groups is 1. The van der Waals surface area contributed by atoms with E-state index in [1.54, 1.807) is 0 Å². The Morgan fingerprint density at radius 2 is 1.62 bits per heavy atom. The van der Waals surface area contributed by atoms with Crippen molar-refractivity contribution in [2.24, 2.45) is 0 Å². The van der Waals surface area contributed by atoms with E-state index >= 15 is 0 Å². The van der Waals surface area contributed by atoms with Crippen molar-refractivity contribution >= 4 is 19.9 Å². The minimum Gasteiger partial charge on any atom is -0.477 e. The molecule has 2 N–H and O–H groups in total. The molecule has 0 saturated heterocycles. The molecule has 7 nitrogen and oxygen atoms in total. The largest absolute Gasteiger partial charge is 0.477 e. The van der Waals surface area contributed by atoms with Crippen LogP contribution >= 0.6 is 0 Å². The third-order valence-corrected chi connectivity index (χ3v) is 15.0. The van der Waals surface area contributed by atoms with Crippen molar-refractivity contribution in [3.63, 3.8) is 0 Å². The maximum atomic E-state index is 13.2. The van der Waals surface area contributed by atoms with Crippen LogP contribution in [0.4, 0.5) is 0 Å². The first kappa shape index (κ1) is 29.3. The lowest BCUT2D eigenvalue weighted by molar-refractivity contribution is 0.0696. The molecule has 3 aromatic rings. The van der Waals surface area contributed by atoms with Crippen LogP contribution in [0.2, 0.25) is 16.6 Å². The Kier molecular flexibility index (Phi) is 8.86. The molecule has 212 valence electrons. The van der Waals surface area contributed by atoms with Crippen LogP contribution in [0.5, 0.6) is 0 Å². The Bertz CT molecular complexity index is 1330. The summed E-state index contributed by atoms with van der Waals surface area (Å²) >= 11 is 0. The van der Waals surface area contributed by atoms with Gasteiger partial charge in [-0.2, -0.15) is 0 Å². The van der Waals surface area contributed by atoms with E-state index in [2.05, 4.69) is 63.8 Å². The molecule has 2 aromatic heterocycles. The van der Waals surface area contributed by atoms with E-state index in [-0.39, 0.29) is 22.7 Å². The maximum Gasteiger partial charge on any atom is 0.341 e. The van der Waals surface area contributed by atoms with Crippen molar-refractivity contribution < 1.29 is 14.3 Å². The number of aromatic carboxylic acids is 1. The molecule has 0 radical (unpaired) electrons. The first-order valence-electron chi connectivity index (χ1n) is 14.6. The van der Waals surface area contributed by atoms with Crippen molar-refractivity contribution in [2.45, 2.75) is 109 Å². The monoisotopic (exact) mass is 551 g/mol. The van der Waals surface area contributed by atoms with Crippen molar-refractivity contribution in [1.29, 1.82) is 0 Å². The van der Waals surface area contributed by atoms with E-state index in [0.717, 1.165) is 5.56 Å². The van der Waals surface area contributed by atoms with Gasteiger partial charge in [-0.05, 0) is 40.9 Å². The fourth-order valence-electron chi connectivity index (χ4n) is 6.98. The van der Waals surface area contributed by atoms with Crippen molar-refractivity contribution in [3.05, 3.63) is 57.5 Å². The molecular formula is C31H45N3O4Si. The standard InChI is InChI=1S/C31H45N3O4Si/c1-19(2)39(20(3)4,21(5)6)38-18-22(7)29-28(31(36)37)30-32-26(17-27(35)34(30)33-29)25-15-13-24(14-16-25)23-11-9-8-10-12-23/h13-17,19-23,33H,8-12,18H2,1-7H3,(H,36,37)/t22-/m0/s1. The van der Waals surface area contributed by atoms with Crippen molar-refractivity contribution in [2.75, 3.05) is 6.61 Å². The van der Waals surface area contributed by atoms with Gasteiger partial charge >= 0.3 is 5.97 Å². The predicted octanol–water partition coefficient (Wildman–Crippen LogP) is 7.73. The molecule has 1 fully saturated rings. The minimum absolute atomic E-state index is 0.0368. The number of carboxylic acids is 1. The molecule has 1 aliphatic rings. The number of hydrogen-bond donors (Lipinski definition) is 2. The molecule has 1 aliphatic carbocycles. The van der Waals surface area contributed by atoms with Gasteiger partial charge in [0, 0.05) is 24.2 Å². The fourth-order valence-corrected chi connectivity index (χ4v) is 12.5. The van der Waals surface area contributed by atoms with Gasteiger partial charge in [-0.3, -0.25) is 9.89 Å². The number of aromatic amines is 1. The van der Waals surface area contributed by atoms with Crippen LogP contribution in [0.25, 0.3) is 16.9 Å².